The Morgan fingerprint density at radius 2 is 2.12 bits per heavy atom. The standard InChI is InChI=1S/C16H18ClN3O5/c1-4-14(21)18-5-6-19(10(2)9-18)16(22)11-7-12(20(23)24)15(17)13(8-11)25-3/h4,7-8,10H,1,5-6,9H2,2-3H3/t10-/m0/s1. The maximum atomic E-state index is 12.8. The average molecular weight is 368 g/mol. The van der Waals surface area contributed by atoms with Gasteiger partial charge in [0.15, 0.2) is 5.02 Å². The Kier molecular flexibility index (Phi) is 5.63. The SMILES string of the molecule is C=CC(=O)N1CCN(C(=O)c2cc(OC)c(Cl)c([N+](=O)[O-])c2)[C@@H](C)C1. The molecule has 1 atom stereocenters. The highest BCUT2D eigenvalue weighted by atomic mass is 35.5. The molecule has 2 rings (SSSR count). The lowest BCUT2D eigenvalue weighted by atomic mass is 10.1. The van der Waals surface area contributed by atoms with E-state index in [4.69, 9.17) is 16.3 Å². The van der Waals surface area contributed by atoms with Crippen molar-refractivity contribution in [3.63, 3.8) is 0 Å². The van der Waals surface area contributed by atoms with Crippen LogP contribution < -0.4 is 4.74 Å². The molecule has 0 radical (unpaired) electrons. The molecule has 0 aliphatic carbocycles. The Morgan fingerprint density at radius 3 is 2.64 bits per heavy atom. The molecule has 0 bridgehead atoms. The maximum absolute atomic E-state index is 12.8. The zero-order valence-corrected chi connectivity index (χ0v) is 14.7. The number of benzene rings is 1. The van der Waals surface area contributed by atoms with Gasteiger partial charge in [0, 0.05) is 31.7 Å². The fourth-order valence-electron chi connectivity index (χ4n) is 2.74. The normalized spacial score (nSPS) is 17.2. The van der Waals surface area contributed by atoms with Crippen LogP contribution in [0.2, 0.25) is 5.02 Å². The smallest absolute Gasteiger partial charge is 0.292 e. The lowest BCUT2D eigenvalue weighted by molar-refractivity contribution is -0.384. The fraction of sp³-hybridized carbons (Fsp3) is 0.375. The van der Waals surface area contributed by atoms with E-state index < -0.39 is 10.6 Å². The number of nitro groups is 1. The molecule has 1 fully saturated rings. The van der Waals surface area contributed by atoms with Crippen molar-refractivity contribution in [3.8, 4) is 5.75 Å². The topological polar surface area (TPSA) is 93.0 Å². The first-order valence-corrected chi connectivity index (χ1v) is 7.92. The summed E-state index contributed by atoms with van der Waals surface area (Å²) in [6.45, 7) is 6.31. The third-order valence-corrected chi connectivity index (χ3v) is 4.44. The van der Waals surface area contributed by atoms with Gasteiger partial charge in [0.1, 0.15) is 5.75 Å². The minimum atomic E-state index is -0.661. The predicted octanol–water partition coefficient (Wildman–Crippen LogP) is 2.12. The molecule has 1 aliphatic rings. The van der Waals surface area contributed by atoms with E-state index in [0.29, 0.717) is 19.6 Å². The van der Waals surface area contributed by atoms with Crippen LogP contribution in [0.4, 0.5) is 5.69 Å². The van der Waals surface area contributed by atoms with Crippen LogP contribution in [-0.2, 0) is 4.79 Å². The molecule has 0 N–H and O–H groups in total. The van der Waals surface area contributed by atoms with Gasteiger partial charge >= 0.3 is 0 Å². The lowest BCUT2D eigenvalue weighted by Crippen LogP contribution is -2.55. The Hall–Kier alpha value is -2.61. The zero-order valence-electron chi connectivity index (χ0n) is 13.9. The van der Waals surface area contributed by atoms with Gasteiger partial charge in [0.25, 0.3) is 11.6 Å². The van der Waals surface area contributed by atoms with Gasteiger partial charge in [-0.2, -0.15) is 0 Å². The molecular formula is C16H18ClN3O5. The van der Waals surface area contributed by atoms with E-state index in [1.165, 1.54) is 19.3 Å². The van der Waals surface area contributed by atoms with Gasteiger partial charge in [0.05, 0.1) is 17.6 Å². The van der Waals surface area contributed by atoms with Gasteiger partial charge in [0.2, 0.25) is 5.91 Å². The van der Waals surface area contributed by atoms with Crippen molar-refractivity contribution in [1.29, 1.82) is 0 Å². The molecule has 0 spiro atoms. The van der Waals surface area contributed by atoms with Crippen molar-refractivity contribution in [2.45, 2.75) is 13.0 Å². The summed E-state index contributed by atoms with van der Waals surface area (Å²) >= 11 is 5.92. The number of rotatable bonds is 4. The van der Waals surface area contributed by atoms with E-state index in [0.717, 1.165) is 6.07 Å². The van der Waals surface area contributed by atoms with E-state index in [1.807, 2.05) is 6.92 Å². The summed E-state index contributed by atoms with van der Waals surface area (Å²) < 4.78 is 5.03. The summed E-state index contributed by atoms with van der Waals surface area (Å²) in [7, 11) is 1.32. The van der Waals surface area contributed by atoms with E-state index in [-0.39, 0.29) is 34.2 Å². The minimum Gasteiger partial charge on any atom is -0.495 e. The van der Waals surface area contributed by atoms with Gasteiger partial charge in [-0.3, -0.25) is 19.7 Å². The molecule has 8 nitrogen and oxygen atoms in total. The molecule has 0 aromatic heterocycles. The number of carbonyl (C=O) groups excluding carboxylic acids is 2. The minimum absolute atomic E-state index is 0.0624. The second-order valence-electron chi connectivity index (χ2n) is 5.60. The van der Waals surface area contributed by atoms with E-state index in [1.54, 1.807) is 9.80 Å². The second kappa shape index (κ2) is 7.52. The van der Waals surface area contributed by atoms with Crippen LogP contribution in [-0.4, -0.2) is 59.3 Å². The summed E-state index contributed by atoms with van der Waals surface area (Å²) in [4.78, 5) is 38.1. The van der Waals surface area contributed by atoms with Crippen LogP contribution in [0.5, 0.6) is 5.75 Å². The van der Waals surface area contributed by atoms with Crippen molar-refractivity contribution >= 4 is 29.1 Å². The summed E-state index contributed by atoms with van der Waals surface area (Å²) in [5.74, 6) is -0.508. The first-order chi connectivity index (χ1) is 11.8. The van der Waals surface area contributed by atoms with Gasteiger partial charge in [-0.15, -0.1) is 0 Å². The quantitative estimate of drug-likeness (QED) is 0.461. The third kappa shape index (κ3) is 3.74. The lowest BCUT2D eigenvalue weighted by Gasteiger charge is -2.39. The number of methoxy groups -OCH3 is 1. The van der Waals surface area contributed by atoms with Crippen LogP contribution in [0, 0.1) is 10.1 Å². The van der Waals surface area contributed by atoms with E-state index in [9.17, 15) is 19.7 Å². The highest BCUT2D eigenvalue weighted by Gasteiger charge is 2.31. The number of ether oxygens (including phenoxy) is 1. The highest BCUT2D eigenvalue weighted by molar-refractivity contribution is 6.34. The predicted molar refractivity (Wildman–Crippen MR) is 91.9 cm³/mol. The average Bonchev–Trinajstić information content (AvgIpc) is 2.60. The molecular weight excluding hydrogens is 350 g/mol. The van der Waals surface area contributed by atoms with Gasteiger partial charge < -0.3 is 14.5 Å². The zero-order chi connectivity index (χ0) is 18.7. The Bertz CT molecular complexity index is 737. The molecule has 134 valence electrons. The number of hydrogen-bond donors (Lipinski definition) is 0. The van der Waals surface area contributed by atoms with Gasteiger partial charge in [-0.1, -0.05) is 18.2 Å². The molecule has 0 unspecified atom stereocenters. The number of nitrogens with zero attached hydrogens (tertiary/aromatic N) is 3. The summed E-state index contributed by atoms with van der Waals surface area (Å²) in [5, 5.41) is 11.0. The Labute approximate surface area is 149 Å². The number of piperazine rings is 1. The van der Waals surface area contributed by atoms with Crippen molar-refractivity contribution in [2.24, 2.45) is 0 Å². The molecule has 0 saturated carbocycles. The molecule has 2 amide bonds. The van der Waals surface area contributed by atoms with Crippen LogP contribution >= 0.6 is 11.6 Å². The van der Waals surface area contributed by atoms with Crippen molar-refractivity contribution in [1.82, 2.24) is 9.80 Å². The van der Waals surface area contributed by atoms with Crippen molar-refractivity contribution in [2.75, 3.05) is 26.7 Å². The number of hydrogen-bond acceptors (Lipinski definition) is 5. The summed E-state index contributed by atoms with van der Waals surface area (Å²) in [6, 6.07) is 2.28. The molecule has 9 heteroatoms. The number of amides is 2. The third-order valence-electron chi connectivity index (χ3n) is 4.06. The fourth-order valence-corrected chi connectivity index (χ4v) is 3.00. The largest absolute Gasteiger partial charge is 0.495 e. The van der Waals surface area contributed by atoms with Crippen LogP contribution in [0.25, 0.3) is 0 Å². The molecule has 25 heavy (non-hydrogen) atoms. The second-order valence-corrected chi connectivity index (χ2v) is 5.98. The summed E-state index contributed by atoms with van der Waals surface area (Å²) in [5.41, 5.74) is -0.277. The van der Waals surface area contributed by atoms with Crippen molar-refractivity contribution in [3.05, 3.63) is 45.5 Å². The van der Waals surface area contributed by atoms with E-state index in [2.05, 4.69) is 6.58 Å². The number of carbonyl (C=O) groups is 2. The first kappa shape index (κ1) is 18.7. The number of nitro benzene ring substituents is 1. The maximum Gasteiger partial charge on any atom is 0.292 e. The van der Waals surface area contributed by atoms with Gasteiger partial charge in [-0.25, -0.2) is 0 Å². The molecule has 1 aromatic carbocycles. The molecule has 1 aromatic rings. The van der Waals surface area contributed by atoms with Crippen LogP contribution in [0.1, 0.15) is 17.3 Å². The molecule has 1 saturated heterocycles. The first-order valence-electron chi connectivity index (χ1n) is 7.54. The molecule has 1 heterocycles. The van der Waals surface area contributed by atoms with Crippen molar-refractivity contribution < 1.29 is 19.2 Å². The Balaban J connectivity index is 2.29. The van der Waals surface area contributed by atoms with Crippen LogP contribution in [0.15, 0.2) is 24.8 Å². The van der Waals surface area contributed by atoms with E-state index >= 15 is 0 Å². The number of halogens is 1. The molecule has 1 aliphatic heterocycles. The van der Waals surface area contributed by atoms with Crippen LogP contribution in [0.3, 0.4) is 0 Å². The monoisotopic (exact) mass is 367 g/mol. The summed E-state index contributed by atoms with van der Waals surface area (Å²) in [6.07, 6.45) is 1.23. The Morgan fingerprint density at radius 1 is 1.44 bits per heavy atom. The highest BCUT2D eigenvalue weighted by Crippen LogP contribution is 2.35. The van der Waals surface area contributed by atoms with Gasteiger partial charge in [-0.05, 0) is 19.1 Å².